The average molecular weight is 548 g/mol. The lowest BCUT2D eigenvalue weighted by atomic mass is 9.66. The molecule has 5 unspecified atom stereocenters. The molecule has 2 aromatic carbocycles. The number of rotatable bonds is 6. The third kappa shape index (κ3) is 3.96. The van der Waals surface area contributed by atoms with Gasteiger partial charge >= 0.3 is 0 Å². The molecule has 2 aromatic rings. The van der Waals surface area contributed by atoms with E-state index in [9.17, 15) is 26.3 Å². The molecule has 3 aliphatic rings. The molecule has 7 nitrogen and oxygen atoms in total. The van der Waals surface area contributed by atoms with Gasteiger partial charge in [0.2, 0.25) is 10.0 Å². The van der Waals surface area contributed by atoms with E-state index in [0.717, 1.165) is 6.07 Å². The number of sulfone groups is 1. The van der Waals surface area contributed by atoms with E-state index in [0.29, 0.717) is 17.9 Å². The second-order valence-corrected chi connectivity index (χ2v) is 14.0. The minimum absolute atomic E-state index is 0.0258. The lowest BCUT2D eigenvalue weighted by Crippen LogP contribution is -2.61. The summed E-state index contributed by atoms with van der Waals surface area (Å²) in [6, 6.07) is 9.36. The number of hydrogen-bond donors (Lipinski definition) is 2. The highest BCUT2D eigenvalue weighted by atomic mass is 35.5. The Morgan fingerprint density at radius 2 is 1.77 bits per heavy atom. The zero-order chi connectivity index (χ0) is 25.2. The van der Waals surface area contributed by atoms with E-state index >= 15 is 4.39 Å². The van der Waals surface area contributed by atoms with Crippen LogP contribution in [0.5, 0.6) is 5.75 Å². The Labute approximate surface area is 207 Å². The molecule has 190 valence electrons. The second-order valence-electron chi connectivity index (χ2n) is 9.33. The molecular weight excluding hydrogens is 524 g/mol. The Balaban J connectivity index is 1.67. The number of aliphatic hydroxyl groups is 1. The number of ether oxygens (including phenoxy) is 1. The van der Waals surface area contributed by atoms with Crippen LogP contribution in [0.3, 0.4) is 0 Å². The summed E-state index contributed by atoms with van der Waals surface area (Å²) in [5.74, 6) is -3.67. The molecule has 0 saturated heterocycles. The quantitative estimate of drug-likeness (QED) is 0.537. The van der Waals surface area contributed by atoms with Gasteiger partial charge in [-0.05, 0) is 56.0 Å². The Bertz CT molecular complexity index is 1350. The Hall–Kier alpha value is -1.79. The summed E-state index contributed by atoms with van der Waals surface area (Å²) in [7, 11) is -8.31. The van der Waals surface area contributed by atoms with Gasteiger partial charge in [-0.1, -0.05) is 23.7 Å². The largest absolute Gasteiger partial charge is 0.490 e. The van der Waals surface area contributed by atoms with Crippen LogP contribution in [-0.2, 0) is 24.6 Å². The van der Waals surface area contributed by atoms with Crippen molar-refractivity contribution in [3.63, 3.8) is 0 Å². The first kappa shape index (κ1) is 24.9. The van der Waals surface area contributed by atoms with Crippen molar-refractivity contribution in [1.82, 2.24) is 4.72 Å². The zero-order valence-electron chi connectivity index (χ0n) is 18.4. The van der Waals surface area contributed by atoms with E-state index in [1.54, 1.807) is 0 Å². The summed E-state index contributed by atoms with van der Waals surface area (Å²) in [6.07, 6.45) is -3.08. The van der Waals surface area contributed by atoms with Crippen LogP contribution >= 0.6 is 11.6 Å². The number of alkyl halides is 1. The molecule has 1 aliphatic heterocycles. The first-order chi connectivity index (χ1) is 16.5. The standard InChI is InChI=1S/C23H24ClF2NO6S2/c24-13-4-6-14(7-5-13)34(29,30)23-11-10-19(28)20(22(26)27-35(31,32)15-8-9-15)17(23)12-33-21-16(23)2-1-3-18(21)25/h1-7,15,17,19-20,22,27-28H,8-12H2. The predicted octanol–water partition coefficient (Wildman–Crippen LogP) is 3.31. The number of sulfonamides is 1. The lowest BCUT2D eigenvalue weighted by Gasteiger charge is -2.52. The molecule has 0 radical (unpaired) electrons. The van der Waals surface area contributed by atoms with Crippen molar-refractivity contribution in [2.24, 2.45) is 11.8 Å². The van der Waals surface area contributed by atoms with E-state index in [1.807, 2.05) is 4.72 Å². The third-order valence-corrected chi connectivity index (χ3v) is 12.1. The molecule has 5 atom stereocenters. The van der Waals surface area contributed by atoms with Gasteiger partial charge < -0.3 is 9.84 Å². The van der Waals surface area contributed by atoms with E-state index in [4.69, 9.17) is 16.3 Å². The van der Waals surface area contributed by atoms with Gasteiger partial charge in [-0.3, -0.25) is 0 Å². The van der Waals surface area contributed by atoms with Crippen molar-refractivity contribution in [3.05, 3.63) is 58.9 Å². The van der Waals surface area contributed by atoms with Crippen molar-refractivity contribution in [3.8, 4) is 5.75 Å². The molecule has 0 bridgehead atoms. The van der Waals surface area contributed by atoms with Crippen molar-refractivity contribution < 1.29 is 35.5 Å². The van der Waals surface area contributed by atoms with Gasteiger partial charge in [0.1, 0.15) is 4.75 Å². The highest BCUT2D eigenvalue weighted by molar-refractivity contribution is 7.92. The minimum atomic E-state index is -4.33. The number of hydrogen-bond acceptors (Lipinski definition) is 6. The monoisotopic (exact) mass is 547 g/mol. The molecule has 2 aliphatic carbocycles. The number of aliphatic hydroxyl groups excluding tert-OH is 1. The maximum Gasteiger partial charge on any atom is 0.216 e. The van der Waals surface area contributed by atoms with Crippen LogP contribution in [0.15, 0.2) is 47.4 Å². The fraction of sp³-hybridized carbons (Fsp3) is 0.478. The van der Waals surface area contributed by atoms with E-state index in [1.165, 1.54) is 36.4 Å². The molecule has 12 heteroatoms. The van der Waals surface area contributed by atoms with Gasteiger partial charge in [-0.15, -0.1) is 0 Å². The number of halogens is 3. The van der Waals surface area contributed by atoms with Crippen molar-refractivity contribution in [1.29, 1.82) is 0 Å². The van der Waals surface area contributed by atoms with Crippen LogP contribution in [0.1, 0.15) is 31.2 Å². The van der Waals surface area contributed by atoms with E-state index < -0.39 is 66.5 Å². The van der Waals surface area contributed by atoms with Crippen LogP contribution in [0.25, 0.3) is 0 Å². The third-order valence-electron chi connectivity index (χ3n) is 7.33. The SMILES string of the molecule is O=S(=O)(NC(F)C1C(O)CCC2(S(=O)(=O)c3ccc(Cl)cc3)c3cccc(F)c3OCC12)C1CC1. The summed E-state index contributed by atoms with van der Waals surface area (Å²) in [5, 5.41) is 10.4. The maximum absolute atomic E-state index is 15.7. The minimum Gasteiger partial charge on any atom is -0.490 e. The summed E-state index contributed by atoms with van der Waals surface area (Å²) in [6.45, 7) is -0.423. The number of nitrogens with one attached hydrogen (secondary N) is 1. The first-order valence-corrected chi connectivity index (χ1v) is 14.6. The predicted molar refractivity (Wildman–Crippen MR) is 124 cm³/mol. The van der Waals surface area contributed by atoms with Crippen molar-refractivity contribution in [2.75, 3.05) is 6.61 Å². The molecule has 0 spiro atoms. The number of benzene rings is 2. The molecule has 2 fully saturated rings. The van der Waals surface area contributed by atoms with Crippen LogP contribution in [0.4, 0.5) is 8.78 Å². The molecule has 0 aromatic heterocycles. The summed E-state index contributed by atoms with van der Waals surface area (Å²) < 4.78 is 89.5. The van der Waals surface area contributed by atoms with E-state index in [2.05, 4.69) is 0 Å². The maximum atomic E-state index is 15.7. The van der Waals surface area contributed by atoms with Gasteiger partial charge in [0, 0.05) is 22.4 Å². The summed E-state index contributed by atoms with van der Waals surface area (Å²) in [5.41, 5.74) is 0.0258. The molecular formula is C23H24ClF2NO6S2. The molecule has 5 rings (SSSR count). The highest BCUT2D eigenvalue weighted by Crippen LogP contribution is 2.58. The first-order valence-electron chi connectivity index (χ1n) is 11.2. The Morgan fingerprint density at radius 3 is 2.43 bits per heavy atom. The molecule has 2 N–H and O–H groups in total. The smallest absolute Gasteiger partial charge is 0.216 e. The van der Waals surface area contributed by atoms with E-state index in [-0.39, 0.29) is 29.1 Å². The second kappa shape index (κ2) is 8.65. The van der Waals surface area contributed by atoms with Gasteiger partial charge in [-0.25, -0.2) is 25.6 Å². The Morgan fingerprint density at radius 1 is 1.09 bits per heavy atom. The lowest BCUT2D eigenvalue weighted by molar-refractivity contribution is -0.0570. The topological polar surface area (TPSA) is 110 Å². The summed E-state index contributed by atoms with van der Waals surface area (Å²) in [4.78, 5) is -0.104. The molecule has 0 amide bonds. The zero-order valence-corrected chi connectivity index (χ0v) is 20.8. The van der Waals surface area contributed by atoms with Crippen LogP contribution in [0.2, 0.25) is 5.02 Å². The van der Waals surface area contributed by atoms with Gasteiger partial charge in [0.05, 0.1) is 22.9 Å². The number of para-hydroxylation sites is 1. The molecule has 2 saturated carbocycles. The Kier molecular flexibility index (Phi) is 6.15. The highest BCUT2D eigenvalue weighted by Gasteiger charge is 2.63. The molecule has 1 heterocycles. The van der Waals surface area contributed by atoms with Crippen molar-refractivity contribution in [2.45, 2.75) is 53.0 Å². The van der Waals surface area contributed by atoms with Crippen LogP contribution in [-0.4, -0.2) is 46.2 Å². The normalized spacial score (nSPS) is 29.5. The summed E-state index contributed by atoms with van der Waals surface area (Å²) >= 11 is 5.95. The number of fused-ring (bicyclic) bond motifs is 3. The average Bonchev–Trinajstić information content (AvgIpc) is 3.65. The fourth-order valence-electron chi connectivity index (χ4n) is 5.47. The van der Waals surface area contributed by atoms with Crippen molar-refractivity contribution >= 4 is 31.5 Å². The van der Waals surface area contributed by atoms with Crippen LogP contribution in [0, 0.1) is 17.7 Å². The van der Waals surface area contributed by atoms with Gasteiger partial charge in [-0.2, -0.15) is 4.72 Å². The van der Waals surface area contributed by atoms with Crippen LogP contribution < -0.4 is 9.46 Å². The fourth-order valence-corrected chi connectivity index (χ4v) is 9.39. The van der Waals surface area contributed by atoms with Gasteiger partial charge in [0.25, 0.3) is 0 Å². The molecule has 35 heavy (non-hydrogen) atoms. The van der Waals surface area contributed by atoms with Gasteiger partial charge in [0.15, 0.2) is 27.7 Å².